The maximum absolute atomic E-state index is 12.9. The van der Waals surface area contributed by atoms with Crippen LogP contribution < -0.4 is 0 Å². The molecule has 1 atom stereocenters. The minimum Gasteiger partial charge on any atom is -0.462 e. The molecule has 0 aromatic heterocycles. The number of ether oxygens (including phenoxy) is 3. The van der Waals surface area contributed by atoms with E-state index in [9.17, 15) is 14.4 Å². The number of rotatable bonds is 57. The van der Waals surface area contributed by atoms with Crippen LogP contribution in [-0.2, 0) is 28.6 Å². The Balaban J connectivity index is 4.39. The van der Waals surface area contributed by atoms with Gasteiger partial charge in [-0.15, -0.1) is 0 Å². The molecule has 0 amide bonds. The molecular formula is C74H118O6. The van der Waals surface area contributed by atoms with Crippen molar-refractivity contribution in [3.05, 3.63) is 158 Å². The van der Waals surface area contributed by atoms with E-state index in [1.807, 2.05) is 0 Å². The maximum Gasteiger partial charge on any atom is 0.306 e. The highest BCUT2D eigenvalue weighted by Crippen LogP contribution is 2.15. The molecule has 0 spiro atoms. The Morgan fingerprint density at radius 2 is 0.500 bits per heavy atom. The van der Waals surface area contributed by atoms with Crippen molar-refractivity contribution in [3.63, 3.8) is 0 Å². The predicted molar refractivity (Wildman–Crippen MR) is 348 cm³/mol. The van der Waals surface area contributed by atoms with Crippen LogP contribution >= 0.6 is 0 Å². The lowest BCUT2D eigenvalue weighted by molar-refractivity contribution is -0.167. The van der Waals surface area contributed by atoms with Crippen LogP contribution in [0.15, 0.2) is 158 Å². The van der Waals surface area contributed by atoms with Gasteiger partial charge in [0.05, 0.1) is 0 Å². The van der Waals surface area contributed by atoms with Crippen LogP contribution in [0.3, 0.4) is 0 Å². The van der Waals surface area contributed by atoms with Crippen LogP contribution in [0.4, 0.5) is 0 Å². The summed E-state index contributed by atoms with van der Waals surface area (Å²) in [5, 5.41) is 0. The molecule has 0 bridgehead atoms. The molecule has 0 aromatic carbocycles. The van der Waals surface area contributed by atoms with Gasteiger partial charge in [-0.25, -0.2) is 0 Å². The smallest absolute Gasteiger partial charge is 0.306 e. The van der Waals surface area contributed by atoms with E-state index in [-0.39, 0.29) is 37.5 Å². The van der Waals surface area contributed by atoms with E-state index in [1.165, 1.54) is 96.3 Å². The van der Waals surface area contributed by atoms with Gasteiger partial charge in [0.2, 0.25) is 0 Å². The van der Waals surface area contributed by atoms with E-state index in [4.69, 9.17) is 14.2 Å². The lowest BCUT2D eigenvalue weighted by Crippen LogP contribution is -2.30. The minimum absolute atomic E-state index is 0.102. The topological polar surface area (TPSA) is 78.9 Å². The molecule has 80 heavy (non-hydrogen) atoms. The Kier molecular flexibility index (Phi) is 62.4. The standard InChI is InChI=1S/C74H118O6/c1-4-7-10-13-16-19-22-24-26-28-30-32-34-35-36-37-38-39-41-42-44-46-48-50-52-55-58-61-64-67-73(76)79-70-71(69-78-72(75)66-63-60-57-54-21-18-15-12-9-6-3)80-74(77)68-65-62-59-56-53-51-49-47-45-43-40-33-31-29-27-25-23-20-17-14-11-8-5-2/h7-8,10-11,16-17,19-20,24-27,30-33,35-36,38-39,42,44,48,50,55,58,71H,4-6,9,12-15,18,21-23,28-29,34,37,40-41,43,45-47,49,51-54,56-57,59-70H2,1-3H3/b10-7-,11-8-,19-16-,20-17-,26-24-,27-25-,32-30-,33-31-,36-35-,39-38-,44-42-,50-48-,58-55-. The summed E-state index contributed by atoms with van der Waals surface area (Å²) in [4.78, 5) is 38.2. The van der Waals surface area contributed by atoms with Gasteiger partial charge in [0.1, 0.15) is 13.2 Å². The molecule has 6 nitrogen and oxygen atoms in total. The molecule has 6 heteroatoms. The first-order chi connectivity index (χ1) is 39.5. The van der Waals surface area contributed by atoms with Crippen molar-refractivity contribution in [2.45, 2.75) is 277 Å². The quantitative estimate of drug-likeness (QED) is 0.0261. The molecule has 0 radical (unpaired) electrons. The molecule has 0 fully saturated rings. The average Bonchev–Trinajstić information content (AvgIpc) is 3.46. The molecule has 0 saturated carbocycles. The van der Waals surface area contributed by atoms with Crippen molar-refractivity contribution in [2.75, 3.05) is 13.2 Å². The van der Waals surface area contributed by atoms with Gasteiger partial charge in [-0.05, 0) is 122 Å². The Labute approximate surface area is 492 Å². The van der Waals surface area contributed by atoms with Gasteiger partial charge in [0.15, 0.2) is 6.10 Å². The van der Waals surface area contributed by atoms with Gasteiger partial charge in [-0.2, -0.15) is 0 Å². The summed E-state index contributed by atoms with van der Waals surface area (Å²) in [6, 6.07) is 0. The zero-order chi connectivity index (χ0) is 57.8. The Hall–Kier alpha value is -4.97. The molecule has 0 saturated heterocycles. The largest absolute Gasteiger partial charge is 0.462 e. The summed E-state index contributed by atoms with van der Waals surface area (Å²) in [6.07, 6.45) is 96.9. The van der Waals surface area contributed by atoms with Gasteiger partial charge in [0, 0.05) is 19.3 Å². The van der Waals surface area contributed by atoms with Crippen molar-refractivity contribution in [3.8, 4) is 0 Å². The Morgan fingerprint density at radius 1 is 0.263 bits per heavy atom. The first-order valence-corrected chi connectivity index (χ1v) is 32.5. The van der Waals surface area contributed by atoms with E-state index in [2.05, 4.69) is 179 Å². The molecule has 0 aliphatic rings. The van der Waals surface area contributed by atoms with E-state index in [1.54, 1.807) is 0 Å². The van der Waals surface area contributed by atoms with Gasteiger partial charge >= 0.3 is 17.9 Å². The monoisotopic (exact) mass is 1100 g/mol. The third-order valence-electron chi connectivity index (χ3n) is 13.3. The van der Waals surface area contributed by atoms with Crippen LogP contribution in [0.25, 0.3) is 0 Å². The molecule has 0 aromatic rings. The number of esters is 3. The summed E-state index contributed by atoms with van der Waals surface area (Å²) >= 11 is 0. The van der Waals surface area contributed by atoms with Gasteiger partial charge in [0.25, 0.3) is 0 Å². The van der Waals surface area contributed by atoms with Gasteiger partial charge < -0.3 is 14.2 Å². The fourth-order valence-corrected chi connectivity index (χ4v) is 8.49. The van der Waals surface area contributed by atoms with Gasteiger partial charge in [-0.3, -0.25) is 14.4 Å². The van der Waals surface area contributed by atoms with Crippen molar-refractivity contribution >= 4 is 17.9 Å². The summed E-state index contributed by atoms with van der Waals surface area (Å²) in [5.41, 5.74) is 0. The SMILES string of the molecule is CC/C=C\C/C=C\C/C=C\C/C=C\C/C=C\C/C=C\C/C=C\C/C=C\C/C=C\CCCC(=O)OCC(COC(=O)CCCCCCCCCCCC)OC(=O)CCCCCCCCCCCC/C=C\C/C=C\C/C=C\C/C=C\CC. The van der Waals surface area contributed by atoms with Crippen molar-refractivity contribution in [1.82, 2.24) is 0 Å². The van der Waals surface area contributed by atoms with Crippen molar-refractivity contribution in [2.24, 2.45) is 0 Å². The normalized spacial score (nSPS) is 13.2. The van der Waals surface area contributed by atoms with Crippen LogP contribution in [0.5, 0.6) is 0 Å². The van der Waals surface area contributed by atoms with Crippen LogP contribution in [0.2, 0.25) is 0 Å². The summed E-state index contributed by atoms with van der Waals surface area (Å²) in [5.74, 6) is -0.972. The number of carbonyl (C=O) groups excluding carboxylic acids is 3. The zero-order valence-electron chi connectivity index (χ0n) is 51.5. The number of carbonyl (C=O) groups is 3. The summed E-state index contributed by atoms with van der Waals surface area (Å²) < 4.78 is 16.8. The highest BCUT2D eigenvalue weighted by atomic mass is 16.6. The van der Waals surface area contributed by atoms with E-state index < -0.39 is 6.10 Å². The second kappa shape index (κ2) is 66.5. The number of allylic oxidation sites excluding steroid dienone is 26. The lowest BCUT2D eigenvalue weighted by Gasteiger charge is -2.18. The van der Waals surface area contributed by atoms with Crippen LogP contribution in [-0.4, -0.2) is 37.2 Å². The Bertz CT molecular complexity index is 1790. The fourth-order valence-electron chi connectivity index (χ4n) is 8.49. The summed E-state index contributed by atoms with van der Waals surface area (Å²) in [7, 11) is 0. The minimum atomic E-state index is -0.810. The number of unbranched alkanes of at least 4 members (excludes halogenated alkanes) is 20. The second-order valence-corrected chi connectivity index (χ2v) is 20.9. The molecular weight excluding hydrogens is 985 g/mol. The van der Waals surface area contributed by atoms with Crippen molar-refractivity contribution < 1.29 is 28.6 Å². The first kappa shape index (κ1) is 75.0. The fraction of sp³-hybridized carbons (Fsp3) is 0.608. The highest BCUT2D eigenvalue weighted by Gasteiger charge is 2.19. The third kappa shape index (κ3) is 63.9. The van der Waals surface area contributed by atoms with Crippen LogP contribution in [0, 0.1) is 0 Å². The molecule has 0 aliphatic carbocycles. The molecule has 0 rings (SSSR count). The van der Waals surface area contributed by atoms with Crippen LogP contribution in [0.1, 0.15) is 271 Å². The second-order valence-electron chi connectivity index (χ2n) is 20.9. The first-order valence-electron chi connectivity index (χ1n) is 32.5. The lowest BCUT2D eigenvalue weighted by atomic mass is 10.0. The van der Waals surface area contributed by atoms with E-state index >= 15 is 0 Å². The Morgan fingerprint density at radius 3 is 0.812 bits per heavy atom. The van der Waals surface area contributed by atoms with E-state index in [0.717, 1.165) is 128 Å². The van der Waals surface area contributed by atoms with Crippen molar-refractivity contribution in [1.29, 1.82) is 0 Å². The number of hydrogen-bond acceptors (Lipinski definition) is 6. The molecule has 450 valence electrons. The highest BCUT2D eigenvalue weighted by molar-refractivity contribution is 5.71. The van der Waals surface area contributed by atoms with Gasteiger partial charge in [-0.1, -0.05) is 288 Å². The summed E-state index contributed by atoms with van der Waals surface area (Å²) in [6.45, 7) is 6.35. The maximum atomic E-state index is 12.9. The van der Waals surface area contributed by atoms with E-state index in [0.29, 0.717) is 19.3 Å². The molecule has 0 aliphatic heterocycles. The molecule has 0 heterocycles. The average molecular weight is 1100 g/mol. The molecule has 1 unspecified atom stereocenters. The number of hydrogen-bond donors (Lipinski definition) is 0. The molecule has 0 N–H and O–H groups in total. The predicted octanol–water partition coefficient (Wildman–Crippen LogP) is 22.5. The zero-order valence-corrected chi connectivity index (χ0v) is 51.5. The third-order valence-corrected chi connectivity index (χ3v) is 13.3.